The lowest BCUT2D eigenvalue weighted by Gasteiger charge is -2.22. The van der Waals surface area contributed by atoms with Gasteiger partial charge in [-0.3, -0.25) is 4.79 Å². The molecule has 0 amide bonds. The molecule has 2 saturated heterocycles. The first-order valence-electron chi connectivity index (χ1n) is 8.28. The number of carbonyl (C=O) groups excluding carboxylic acids is 1. The Hall–Kier alpha value is -0.520. The zero-order valence-corrected chi connectivity index (χ0v) is 14.2. The van der Waals surface area contributed by atoms with Gasteiger partial charge in [-0.1, -0.05) is 11.6 Å². The van der Waals surface area contributed by atoms with Crippen LogP contribution in [0, 0.1) is 11.8 Å². The van der Waals surface area contributed by atoms with Gasteiger partial charge in [-0.25, -0.2) is 0 Å². The van der Waals surface area contributed by atoms with Gasteiger partial charge in [0.25, 0.3) is 0 Å². The summed E-state index contributed by atoms with van der Waals surface area (Å²) in [5, 5.41) is 8.94. The molecule has 124 valence electrons. The summed E-state index contributed by atoms with van der Waals surface area (Å²) >= 11 is 1.64. The molecule has 0 aromatic carbocycles. The summed E-state index contributed by atoms with van der Waals surface area (Å²) in [4.78, 5) is 12.3. The average molecular weight is 326 g/mol. The lowest BCUT2D eigenvalue weighted by Crippen LogP contribution is -2.31. The fourth-order valence-corrected chi connectivity index (χ4v) is 4.74. The third kappa shape index (κ3) is 3.22. The normalized spacial score (nSPS) is 41.2. The zero-order valence-electron chi connectivity index (χ0n) is 13.4. The Morgan fingerprint density at radius 3 is 3.09 bits per heavy atom. The van der Waals surface area contributed by atoms with Crippen molar-refractivity contribution in [3.63, 3.8) is 0 Å². The number of aliphatic hydroxyl groups is 1. The number of epoxide rings is 1. The Balaban J connectivity index is 1.75. The van der Waals surface area contributed by atoms with Crippen LogP contribution in [-0.2, 0) is 14.3 Å². The molecule has 5 atom stereocenters. The van der Waals surface area contributed by atoms with Crippen LogP contribution in [0.3, 0.4) is 0 Å². The largest absolute Gasteiger partial charge is 0.459 e. The predicted octanol–water partition coefficient (Wildman–Crippen LogP) is 2.55. The van der Waals surface area contributed by atoms with E-state index in [1.807, 2.05) is 0 Å². The van der Waals surface area contributed by atoms with Crippen LogP contribution >= 0.6 is 11.8 Å². The molecule has 0 spiro atoms. The third-order valence-electron chi connectivity index (χ3n) is 5.27. The molecule has 5 heteroatoms. The lowest BCUT2D eigenvalue weighted by molar-refractivity contribution is -0.144. The van der Waals surface area contributed by atoms with Crippen LogP contribution in [0.4, 0.5) is 0 Å². The topological polar surface area (TPSA) is 59.1 Å². The molecule has 2 aliphatic heterocycles. The van der Waals surface area contributed by atoms with Crippen LogP contribution in [0.25, 0.3) is 0 Å². The maximum Gasteiger partial charge on any atom is 0.310 e. The van der Waals surface area contributed by atoms with Gasteiger partial charge in [0, 0.05) is 17.4 Å². The van der Waals surface area contributed by atoms with Gasteiger partial charge in [-0.15, -0.1) is 0 Å². The summed E-state index contributed by atoms with van der Waals surface area (Å²) in [5.74, 6) is 1.54. The van der Waals surface area contributed by atoms with Crippen LogP contribution in [0.15, 0.2) is 11.6 Å². The van der Waals surface area contributed by atoms with E-state index >= 15 is 0 Å². The van der Waals surface area contributed by atoms with Gasteiger partial charge in [0.15, 0.2) is 0 Å². The van der Waals surface area contributed by atoms with Crippen molar-refractivity contribution in [2.24, 2.45) is 11.8 Å². The Morgan fingerprint density at radius 2 is 2.32 bits per heavy atom. The number of hydrogen-bond acceptors (Lipinski definition) is 5. The first kappa shape index (κ1) is 16.3. The first-order chi connectivity index (χ1) is 10.5. The smallest absolute Gasteiger partial charge is 0.310 e. The summed E-state index contributed by atoms with van der Waals surface area (Å²) in [7, 11) is 0. The molecular formula is C17H26O4S. The summed E-state index contributed by atoms with van der Waals surface area (Å²) in [6.07, 6.45) is 6.36. The zero-order chi connectivity index (χ0) is 15.7. The van der Waals surface area contributed by atoms with Crippen molar-refractivity contribution in [1.29, 1.82) is 0 Å². The summed E-state index contributed by atoms with van der Waals surface area (Å²) in [6.45, 7) is 4.48. The van der Waals surface area contributed by atoms with Crippen LogP contribution in [0.1, 0.15) is 39.5 Å². The molecule has 3 rings (SSSR count). The summed E-state index contributed by atoms with van der Waals surface area (Å²) in [5.41, 5.74) is 1.28. The molecule has 0 radical (unpaired) electrons. The molecule has 0 bridgehead atoms. The van der Waals surface area contributed by atoms with Crippen LogP contribution in [-0.4, -0.2) is 47.0 Å². The van der Waals surface area contributed by atoms with Crippen molar-refractivity contribution in [2.45, 2.75) is 57.3 Å². The molecule has 0 aromatic heterocycles. The van der Waals surface area contributed by atoms with Crippen molar-refractivity contribution < 1.29 is 19.4 Å². The number of esters is 1. The molecule has 2 fully saturated rings. The van der Waals surface area contributed by atoms with Gasteiger partial charge in [0.2, 0.25) is 0 Å². The highest BCUT2D eigenvalue weighted by molar-refractivity contribution is 7.99. The van der Waals surface area contributed by atoms with E-state index in [1.54, 1.807) is 11.8 Å². The second-order valence-corrected chi connectivity index (χ2v) is 8.10. The molecule has 22 heavy (non-hydrogen) atoms. The Labute approximate surface area is 136 Å². The second-order valence-electron chi connectivity index (χ2n) is 6.95. The van der Waals surface area contributed by atoms with E-state index in [0.717, 1.165) is 31.4 Å². The molecular weight excluding hydrogens is 300 g/mol. The fraction of sp³-hybridized carbons (Fsp3) is 0.824. The van der Waals surface area contributed by atoms with E-state index in [4.69, 9.17) is 14.6 Å². The second kappa shape index (κ2) is 6.54. The van der Waals surface area contributed by atoms with Gasteiger partial charge in [-0.2, -0.15) is 11.8 Å². The minimum absolute atomic E-state index is 0.0535. The number of thioether (sulfide) groups is 1. The molecule has 0 saturated carbocycles. The Kier molecular flexibility index (Phi) is 4.86. The highest BCUT2D eigenvalue weighted by Crippen LogP contribution is 2.50. The maximum absolute atomic E-state index is 12.3. The molecule has 2 heterocycles. The van der Waals surface area contributed by atoms with E-state index in [1.165, 1.54) is 5.57 Å². The van der Waals surface area contributed by atoms with Crippen molar-refractivity contribution in [2.75, 3.05) is 18.1 Å². The van der Waals surface area contributed by atoms with Gasteiger partial charge in [0.05, 0.1) is 18.1 Å². The standard InChI is InChI=1S/C17H26O4S/c1-11-4-3-7-17(2)15(21-17)14-12(6-5-11)13(16(19)20-14)10-22-9-8-18/h4,12-15,18H,3,5-10H2,1-2H3. The van der Waals surface area contributed by atoms with E-state index in [9.17, 15) is 4.79 Å². The lowest BCUT2D eigenvalue weighted by atomic mass is 9.81. The first-order valence-corrected chi connectivity index (χ1v) is 9.43. The molecule has 3 aliphatic rings. The van der Waals surface area contributed by atoms with Gasteiger partial charge in [0.1, 0.15) is 12.2 Å². The number of allylic oxidation sites excluding steroid dienone is 2. The summed E-state index contributed by atoms with van der Waals surface area (Å²) in [6, 6.07) is 0. The number of ether oxygens (including phenoxy) is 2. The number of hydrogen-bond donors (Lipinski definition) is 1. The Morgan fingerprint density at radius 1 is 1.50 bits per heavy atom. The van der Waals surface area contributed by atoms with Crippen molar-refractivity contribution in [3.8, 4) is 0 Å². The van der Waals surface area contributed by atoms with Gasteiger partial charge >= 0.3 is 5.97 Å². The van der Waals surface area contributed by atoms with Crippen molar-refractivity contribution >= 4 is 17.7 Å². The van der Waals surface area contributed by atoms with E-state index < -0.39 is 0 Å². The van der Waals surface area contributed by atoms with E-state index in [2.05, 4.69) is 19.9 Å². The van der Waals surface area contributed by atoms with Crippen molar-refractivity contribution in [1.82, 2.24) is 0 Å². The van der Waals surface area contributed by atoms with E-state index in [0.29, 0.717) is 5.75 Å². The maximum atomic E-state index is 12.3. The molecule has 5 unspecified atom stereocenters. The average Bonchev–Trinajstić information content (AvgIpc) is 3.04. The molecule has 0 aromatic rings. The fourth-order valence-electron chi connectivity index (χ4n) is 3.80. The predicted molar refractivity (Wildman–Crippen MR) is 86.8 cm³/mol. The molecule has 4 nitrogen and oxygen atoms in total. The SMILES string of the molecule is CC1=CCCC2(C)OC2C2OC(=O)C(CSCCO)C2CC1. The van der Waals surface area contributed by atoms with E-state index in [-0.39, 0.29) is 42.2 Å². The number of fused-ring (bicyclic) bond motifs is 3. The number of carbonyl (C=O) groups is 1. The van der Waals surface area contributed by atoms with Crippen molar-refractivity contribution in [3.05, 3.63) is 11.6 Å². The minimum atomic E-state index is -0.121. The highest BCUT2D eigenvalue weighted by atomic mass is 32.2. The highest BCUT2D eigenvalue weighted by Gasteiger charge is 2.62. The number of aliphatic hydroxyl groups excluding tert-OH is 1. The monoisotopic (exact) mass is 326 g/mol. The Bertz CT molecular complexity index is 464. The summed E-state index contributed by atoms with van der Waals surface area (Å²) < 4.78 is 11.7. The van der Waals surface area contributed by atoms with Gasteiger partial charge < -0.3 is 14.6 Å². The van der Waals surface area contributed by atoms with Crippen LogP contribution < -0.4 is 0 Å². The molecule has 1 aliphatic carbocycles. The molecule has 1 N–H and O–H groups in total. The number of rotatable bonds is 4. The van der Waals surface area contributed by atoms with Gasteiger partial charge in [-0.05, 0) is 39.5 Å². The van der Waals surface area contributed by atoms with Crippen LogP contribution in [0.5, 0.6) is 0 Å². The third-order valence-corrected chi connectivity index (χ3v) is 6.34. The minimum Gasteiger partial charge on any atom is -0.459 e. The quantitative estimate of drug-likeness (QED) is 0.372. The van der Waals surface area contributed by atoms with Crippen LogP contribution in [0.2, 0.25) is 0 Å².